The van der Waals surface area contributed by atoms with Gasteiger partial charge in [0.2, 0.25) is 0 Å². The molecule has 0 unspecified atom stereocenters. The van der Waals surface area contributed by atoms with Crippen molar-refractivity contribution in [1.82, 2.24) is 0 Å². The average Bonchev–Trinajstić information content (AvgIpc) is 2.22. The Morgan fingerprint density at radius 2 is 2.19 bits per heavy atom. The second-order valence-electron chi connectivity index (χ2n) is 4.54. The minimum atomic E-state index is -0.213. The fraction of sp³-hybridized carbons (Fsp3) is 0.500. The molecule has 0 atom stereocenters. The third-order valence-electron chi connectivity index (χ3n) is 3.43. The van der Waals surface area contributed by atoms with Gasteiger partial charge in [-0.05, 0) is 43.0 Å². The highest BCUT2D eigenvalue weighted by molar-refractivity contribution is 9.10. The van der Waals surface area contributed by atoms with E-state index in [1.54, 1.807) is 12.1 Å². The molecule has 0 saturated heterocycles. The summed E-state index contributed by atoms with van der Waals surface area (Å²) in [6, 6.07) is 4.92. The van der Waals surface area contributed by atoms with Crippen LogP contribution in [0.1, 0.15) is 19.3 Å². The van der Waals surface area contributed by atoms with Crippen LogP contribution < -0.4 is 11.1 Å². The van der Waals surface area contributed by atoms with E-state index in [9.17, 15) is 4.39 Å². The summed E-state index contributed by atoms with van der Waals surface area (Å²) in [5.74, 6) is -0.213. The minimum Gasteiger partial charge on any atom is -0.382 e. The summed E-state index contributed by atoms with van der Waals surface area (Å²) in [7, 11) is 0. The molecule has 16 heavy (non-hydrogen) atoms. The Morgan fingerprint density at radius 3 is 2.75 bits per heavy atom. The van der Waals surface area contributed by atoms with E-state index in [0.29, 0.717) is 12.2 Å². The van der Waals surface area contributed by atoms with Crippen LogP contribution in [0.3, 0.4) is 0 Å². The highest BCUT2D eigenvalue weighted by atomic mass is 79.9. The smallest absolute Gasteiger partial charge is 0.146 e. The zero-order valence-corrected chi connectivity index (χ0v) is 10.7. The number of anilines is 1. The molecule has 88 valence electrons. The van der Waals surface area contributed by atoms with Crippen LogP contribution in [-0.2, 0) is 0 Å². The van der Waals surface area contributed by atoms with Gasteiger partial charge in [-0.1, -0.05) is 22.4 Å². The van der Waals surface area contributed by atoms with Gasteiger partial charge in [0.25, 0.3) is 0 Å². The Bertz CT molecular complexity index is 372. The van der Waals surface area contributed by atoms with E-state index in [1.807, 2.05) is 0 Å². The van der Waals surface area contributed by atoms with Gasteiger partial charge in [-0.25, -0.2) is 4.39 Å². The second kappa shape index (κ2) is 4.72. The number of nitrogens with two attached hydrogens (primary N) is 1. The lowest BCUT2D eigenvalue weighted by molar-refractivity contribution is 0.163. The lowest BCUT2D eigenvalue weighted by atomic mass is 9.69. The van der Waals surface area contributed by atoms with Crippen molar-refractivity contribution in [1.29, 1.82) is 0 Å². The molecule has 1 aromatic carbocycles. The van der Waals surface area contributed by atoms with Gasteiger partial charge >= 0.3 is 0 Å². The molecule has 0 radical (unpaired) electrons. The normalized spacial score (nSPS) is 17.9. The number of hydrogen-bond acceptors (Lipinski definition) is 2. The van der Waals surface area contributed by atoms with Crippen molar-refractivity contribution in [3.8, 4) is 0 Å². The molecule has 0 spiro atoms. The van der Waals surface area contributed by atoms with Gasteiger partial charge < -0.3 is 11.1 Å². The Hall–Kier alpha value is -0.610. The largest absolute Gasteiger partial charge is 0.382 e. The van der Waals surface area contributed by atoms with E-state index >= 15 is 0 Å². The van der Waals surface area contributed by atoms with Crippen LogP contribution in [0.15, 0.2) is 22.7 Å². The predicted molar refractivity (Wildman–Crippen MR) is 67.9 cm³/mol. The molecule has 2 rings (SSSR count). The molecule has 0 bridgehead atoms. The average molecular weight is 287 g/mol. The lowest BCUT2D eigenvalue weighted by Gasteiger charge is -2.41. The monoisotopic (exact) mass is 286 g/mol. The fourth-order valence-electron chi connectivity index (χ4n) is 2.05. The molecule has 0 aromatic heterocycles. The molecule has 2 nitrogen and oxygen atoms in total. The van der Waals surface area contributed by atoms with Crippen LogP contribution >= 0.6 is 15.9 Å². The predicted octanol–water partition coefficient (Wildman–Crippen LogP) is 3.13. The van der Waals surface area contributed by atoms with E-state index in [0.717, 1.165) is 23.9 Å². The number of nitrogens with one attached hydrogen (secondary N) is 1. The molecule has 0 amide bonds. The number of halogens is 2. The summed E-state index contributed by atoms with van der Waals surface area (Å²) < 4.78 is 14.3. The summed E-state index contributed by atoms with van der Waals surface area (Å²) in [4.78, 5) is 0. The van der Waals surface area contributed by atoms with Crippen LogP contribution in [0.2, 0.25) is 0 Å². The van der Waals surface area contributed by atoms with E-state index < -0.39 is 0 Å². The zero-order chi connectivity index (χ0) is 11.6. The van der Waals surface area contributed by atoms with Crippen molar-refractivity contribution in [3.05, 3.63) is 28.5 Å². The molecular weight excluding hydrogens is 271 g/mol. The molecule has 0 heterocycles. The third-order valence-corrected chi connectivity index (χ3v) is 3.92. The summed E-state index contributed by atoms with van der Waals surface area (Å²) in [5, 5.41) is 3.16. The van der Waals surface area contributed by atoms with Gasteiger partial charge in [-0.3, -0.25) is 0 Å². The highest BCUT2D eigenvalue weighted by Gasteiger charge is 2.35. The molecule has 1 aliphatic carbocycles. The maximum atomic E-state index is 13.5. The Labute approximate surface area is 104 Å². The maximum Gasteiger partial charge on any atom is 0.146 e. The summed E-state index contributed by atoms with van der Waals surface area (Å²) >= 11 is 3.33. The number of rotatable bonds is 4. The molecule has 1 aliphatic rings. The molecule has 1 aromatic rings. The van der Waals surface area contributed by atoms with Crippen LogP contribution in [0.5, 0.6) is 0 Å². The van der Waals surface area contributed by atoms with Gasteiger partial charge in [-0.15, -0.1) is 0 Å². The molecule has 0 aliphatic heterocycles. The van der Waals surface area contributed by atoms with Gasteiger partial charge in [0, 0.05) is 11.0 Å². The van der Waals surface area contributed by atoms with Crippen molar-refractivity contribution in [2.45, 2.75) is 19.3 Å². The summed E-state index contributed by atoms with van der Waals surface area (Å²) in [6.45, 7) is 1.44. The highest BCUT2D eigenvalue weighted by Crippen LogP contribution is 2.40. The molecule has 4 heteroatoms. The molecular formula is C12H16BrFN2. The van der Waals surface area contributed by atoms with Crippen LogP contribution in [0.4, 0.5) is 10.1 Å². The molecule has 1 fully saturated rings. The van der Waals surface area contributed by atoms with Gasteiger partial charge in [-0.2, -0.15) is 0 Å². The number of benzene rings is 1. The molecule has 1 saturated carbocycles. The first-order valence-electron chi connectivity index (χ1n) is 5.54. The van der Waals surface area contributed by atoms with Crippen molar-refractivity contribution in [2.75, 3.05) is 18.4 Å². The topological polar surface area (TPSA) is 38.0 Å². The van der Waals surface area contributed by atoms with Crippen LogP contribution in [0, 0.1) is 11.2 Å². The lowest BCUT2D eigenvalue weighted by Crippen LogP contribution is -2.43. The minimum absolute atomic E-state index is 0.189. The summed E-state index contributed by atoms with van der Waals surface area (Å²) in [6.07, 6.45) is 3.53. The van der Waals surface area contributed by atoms with Crippen molar-refractivity contribution in [2.24, 2.45) is 11.1 Å². The van der Waals surface area contributed by atoms with Crippen LogP contribution in [0.25, 0.3) is 0 Å². The quantitative estimate of drug-likeness (QED) is 0.893. The first-order valence-corrected chi connectivity index (χ1v) is 6.34. The Morgan fingerprint density at radius 1 is 1.44 bits per heavy atom. The SMILES string of the molecule is NCC1(CNc2cc(Br)ccc2F)CCC1. The first kappa shape index (κ1) is 11.9. The Kier molecular flexibility index (Phi) is 3.50. The van der Waals surface area contributed by atoms with Gasteiger partial charge in [0.15, 0.2) is 0 Å². The zero-order valence-electron chi connectivity index (χ0n) is 9.10. The fourth-order valence-corrected chi connectivity index (χ4v) is 2.41. The number of hydrogen-bond donors (Lipinski definition) is 2. The van der Waals surface area contributed by atoms with E-state index in [-0.39, 0.29) is 11.2 Å². The van der Waals surface area contributed by atoms with Crippen LogP contribution in [-0.4, -0.2) is 13.1 Å². The second-order valence-corrected chi connectivity index (χ2v) is 5.45. The van der Waals surface area contributed by atoms with Crippen molar-refractivity contribution >= 4 is 21.6 Å². The van der Waals surface area contributed by atoms with Crippen molar-refractivity contribution < 1.29 is 4.39 Å². The van der Waals surface area contributed by atoms with Gasteiger partial charge in [0.1, 0.15) is 5.82 Å². The third kappa shape index (κ3) is 2.38. The summed E-state index contributed by atoms with van der Waals surface area (Å²) in [5.41, 5.74) is 6.50. The maximum absolute atomic E-state index is 13.5. The van der Waals surface area contributed by atoms with E-state index in [4.69, 9.17) is 5.73 Å². The van der Waals surface area contributed by atoms with Crippen molar-refractivity contribution in [3.63, 3.8) is 0 Å². The molecule has 3 N–H and O–H groups in total. The standard InChI is InChI=1S/C12H16BrFN2/c13-9-2-3-10(14)11(6-9)16-8-12(7-15)4-1-5-12/h2-3,6,16H,1,4-5,7-8,15H2. The Balaban J connectivity index is 2.01. The van der Waals surface area contributed by atoms with E-state index in [2.05, 4.69) is 21.2 Å². The van der Waals surface area contributed by atoms with E-state index in [1.165, 1.54) is 12.5 Å². The first-order chi connectivity index (χ1) is 7.65. The van der Waals surface area contributed by atoms with Gasteiger partial charge in [0.05, 0.1) is 5.69 Å².